The molecular weight excluding hydrogens is 200 g/mol. The number of nitrogens with one attached hydrogen (secondary N) is 2. The fourth-order valence-corrected chi connectivity index (χ4v) is 3.67. The van der Waals surface area contributed by atoms with E-state index in [4.69, 9.17) is 0 Å². The molecule has 90 valence electrons. The highest BCUT2D eigenvalue weighted by molar-refractivity contribution is 5.82. The Morgan fingerprint density at radius 3 is 2.62 bits per heavy atom. The molecular formula is C13H22N2O. The van der Waals surface area contributed by atoms with Gasteiger partial charge in [-0.1, -0.05) is 6.42 Å². The number of carbonyl (C=O) groups is 1. The zero-order valence-corrected chi connectivity index (χ0v) is 9.87. The van der Waals surface area contributed by atoms with Crippen molar-refractivity contribution >= 4 is 5.91 Å². The summed E-state index contributed by atoms with van der Waals surface area (Å²) in [5, 5.41) is 6.65. The van der Waals surface area contributed by atoms with E-state index in [2.05, 4.69) is 10.6 Å². The maximum absolute atomic E-state index is 12.1. The normalized spacial score (nSPS) is 42.2. The SMILES string of the molecule is O=C(NC1CCCNCC1)C1C2CCCC21. The van der Waals surface area contributed by atoms with Crippen LogP contribution < -0.4 is 10.6 Å². The van der Waals surface area contributed by atoms with Crippen LogP contribution in [-0.4, -0.2) is 25.0 Å². The van der Waals surface area contributed by atoms with Crippen LogP contribution in [0.5, 0.6) is 0 Å². The summed E-state index contributed by atoms with van der Waals surface area (Å²) in [5.41, 5.74) is 0. The molecule has 3 atom stereocenters. The molecule has 2 aliphatic carbocycles. The number of amides is 1. The molecule has 0 spiro atoms. The number of rotatable bonds is 2. The van der Waals surface area contributed by atoms with Crippen LogP contribution in [-0.2, 0) is 4.79 Å². The van der Waals surface area contributed by atoms with Gasteiger partial charge in [0.15, 0.2) is 0 Å². The zero-order valence-electron chi connectivity index (χ0n) is 9.87. The van der Waals surface area contributed by atoms with Gasteiger partial charge < -0.3 is 10.6 Å². The van der Waals surface area contributed by atoms with Crippen LogP contribution in [0.4, 0.5) is 0 Å². The van der Waals surface area contributed by atoms with Gasteiger partial charge in [0.1, 0.15) is 0 Å². The Labute approximate surface area is 97.4 Å². The van der Waals surface area contributed by atoms with Crippen LogP contribution in [0.3, 0.4) is 0 Å². The molecule has 0 radical (unpaired) electrons. The van der Waals surface area contributed by atoms with Gasteiger partial charge in [0.2, 0.25) is 5.91 Å². The lowest BCUT2D eigenvalue weighted by Crippen LogP contribution is -2.37. The molecule has 16 heavy (non-hydrogen) atoms. The summed E-state index contributed by atoms with van der Waals surface area (Å²) in [5.74, 6) is 2.26. The third-order valence-corrected chi connectivity index (χ3v) is 4.63. The average molecular weight is 222 g/mol. The lowest BCUT2D eigenvalue weighted by atomic mass is 10.1. The summed E-state index contributed by atoms with van der Waals surface area (Å²) < 4.78 is 0. The molecule has 0 aromatic heterocycles. The average Bonchev–Trinajstić information content (AvgIpc) is 2.89. The van der Waals surface area contributed by atoms with E-state index in [0.717, 1.165) is 37.8 Å². The van der Waals surface area contributed by atoms with E-state index in [1.54, 1.807) is 0 Å². The van der Waals surface area contributed by atoms with Gasteiger partial charge in [-0.05, 0) is 57.0 Å². The van der Waals surface area contributed by atoms with Crippen molar-refractivity contribution in [3.63, 3.8) is 0 Å². The summed E-state index contributed by atoms with van der Waals surface area (Å²) in [6, 6.07) is 0.434. The van der Waals surface area contributed by atoms with Crippen LogP contribution in [0.2, 0.25) is 0 Å². The second-order valence-corrected chi connectivity index (χ2v) is 5.67. The first-order chi connectivity index (χ1) is 7.86. The second-order valence-electron chi connectivity index (χ2n) is 5.67. The van der Waals surface area contributed by atoms with Crippen molar-refractivity contribution in [3.8, 4) is 0 Å². The zero-order chi connectivity index (χ0) is 11.0. The second kappa shape index (κ2) is 4.36. The Morgan fingerprint density at radius 1 is 1.00 bits per heavy atom. The Bertz CT molecular complexity index is 261. The van der Waals surface area contributed by atoms with Gasteiger partial charge in [0.25, 0.3) is 0 Å². The minimum atomic E-state index is 0.363. The van der Waals surface area contributed by atoms with Gasteiger partial charge >= 0.3 is 0 Å². The van der Waals surface area contributed by atoms with E-state index < -0.39 is 0 Å². The lowest BCUT2D eigenvalue weighted by Gasteiger charge is -2.16. The molecule has 3 nitrogen and oxygen atoms in total. The standard InChI is InChI=1S/C13H22N2O/c16-13(12-10-4-1-5-11(10)12)15-9-3-2-7-14-8-6-9/h9-12,14H,1-8H2,(H,15,16). The Hall–Kier alpha value is -0.570. The maximum Gasteiger partial charge on any atom is 0.223 e. The maximum atomic E-state index is 12.1. The van der Waals surface area contributed by atoms with Crippen LogP contribution >= 0.6 is 0 Å². The molecule has 3 aliphatic rings. The Kier molecular flexibility index (Phi) is 2.88. The third kappa shape index (κ3) is 1.97. The van der Waals surface area contributed by atoms with E-state index in [-0.39, 0.29) is 0 Å². The molecule has 2 saturated carbocycles. The van der Waals surface area contributed by atoms with Gasteiger partial charge in [-0.25, -0.2) is 0 Å². The van der Waals surface area contributed by atoms with Crippen molar-refractivity contribution in [3.05, 3.63) is 0 Å². The summed E-state index contributed by atoms with van der Waals surface area (Å²) in [6.45, 7) is 2.17. The molecule has 3 heteroatoms. The summed E-state index contributed by atoms with van der Waals surface area (Å²) in [4.78, 5) is 12.1. The van der Waals surface area contributed by atoms with Crippen molar-refractivity contribution in [2.24, 2.45) is 17.8 Å². The molecule has 1 saturated heterocycles. The molecule has 2 N–H and O–H groups in total. The number of fused-ring (bicyclic) bond motifs is 1. The number of hydrogen-bond acceptors (Lipinski definition) is 2. The van der Waals surface area contributed by atoms with Crippen molar-refractivity contribution < 1.29 is 4.79 Å². The highest BCUT2D eigenvalue weighted by atomic mass is 16.2. The molecule has 3 rings (SSSR count). The lowest BCUT2D eigenvalue weighted by molar-refractivity contribution is -0.123. The molecule has 1 heterocycles. The highest BCUT2D eigenvalue weighted by Crippen LogP contribution is 2.57. The van der Waals surface area contributed by atoms with E-state index in [1.165, 1.54) is 25.7 Å². The minimum absolute atomic E-state index is 0.363. The first-order valence-electron chi connectivity index (χ1n) is 6.87. The van der Waals surface area contributed by atoms with Crippen LogP contribution in [0, 0.1) is 17.8 Å². The van der Waals surface area contributed by atoms with Gasteiger partial charge in [0, 0.05) is 12.0 Å². The van der Waals surface area contributed by atoms with E-state index in [1.807, 2.05) is 0 Å². The van der Waals surface area contributed by atoms with Crippen molar-refractivity contribution in [1.29, 1.82) is 0 Å². The fraction of sp³-hybridized carbons (Fsp3) is 0.923. The largest absolute Gasteiger partial charge is 0.353 e. The Balaban J connectivity index is 1.49. The van der Waals surface area contributed by atoms with Gasteiger partial charge in [-0.2, -0.15) is 0 Å². The predicted octanol–water partition coefficient (Wildman–Crippen LogP) is 1.29. The van der Waals surface area contributed by atoms with Gasteiger partial charge in [-0.15, -0.1) is 0 Å². The minimum Gasteiger partial charge on any atom is -0.353 e. The van der Waals surface area contributed by atoms with Crippen LogP contribution in [0.15, 0.2) is 0 Å². The van der Waals surface area contributed by atoms with Gasteiger partial charge in [0.05, 0.1) is 0 Å². The summed E-state index contributed by atoms with van der Waals surface area (Å²) in [6.07, 6.45) is 7.41. The quantitative estimate of drug-likeness (QED) is 0.739. The molecule has 3 fully saturated rings. The molecule has 1 aliphatic heterocycles. The monoisotopic (exact) mass is 222 g/mol. The number of carbonyl (C=O) groups excluding carboxylic acids is 1. The summed E-state index contributed by atoms with van der Waals surface area (Å²) in [7, 11) is 0. The highest BCUT2D eigenvalue weighted by Gasteiger charge is 2.56. The van der Waals surface area contributed by atoms with E-state index in [9.17, 15) is 4.79 Å². The molecule has 0 bridgehead atoms. The van der Waals surface area contributed by atoms with Crippen molar-refractivity contribution in [1.82, 2.24) is 10.6 Å². The van der Waals surface area contributed by atoms with Crippen molar-refractivity contribution in [2.45, 2.75) is 44.6 Å². The van der Waals surface area contributed by atoms with Gasteiger partial charge in [-0.3, -0.25) is 4.79 Å². The predicted molar refractivity (Wildman–Crippen MR) is 63.0 cm³/mol. The van der Waals surface area contributed by atoms with Crippen LogP contribution in [0.25, 0.3) is 0 Å². The van der Waals surface area contributed by atoms with E-state index >= 15 is 0 Å². The Morgan fingerprint density at radius 2 is 1.81 bits per heavy atom. The topological polar surface area (TPSA) is 41.1 Å². The molecule has 0 aromatic rings. The molecule has 3 unspecified atom stereocenters. The fourth-order valence-electron chi connectivity index (χ4n) is 3.67. The van der Waals surface area contributed by atoms with Crippen LogP contribution in [0.1, 0.15) is 38.5 Å². The third-order valence-electron chi connectivity index (χ3n) is 4.63. The first kappa shape index (κ1) is 10.6. The molecule has 0 aromatic carbocycles. The van der Waals surface area contributed by atoms with Crippen molar-refractivity contribution in [2.75, 3.05) is 13.1 Å². The molecule has 1 amide bonds. The smallest absolute Gasteiger partial charge is 0.223 e. The van der Waals surface area contributed by atoms with E-state index in [0.29, 0.717) is 17.9 Å². The number of hydrogen-bond donors (Lipinski definition) is 2. The summed E-state index contributed by atoms with van der Waals surface area (Å²) >= 11 is 0. The first-order valence-corrected chi connectivity index (χ1v) is 6.87.